The lowest BCUT2D eigenvalue weighted by Gasteiger charge is -2.14. The molecular weight excluding hydrogens is 350 g/mol. The van der Waals surface area contributed by atoms with E-state index in [1.165, 1.54) is 10.7 Å². The van der Waals surface area contributed by atoms with Crippen molar-refractivity contribution in [2.24, 2.45) is 5.73 Å². The Bertz CT molecular complexity index is 916. The standard InChI is InChI=1S/C16H21N9O2/c1-24-8-11(13(23-24)14(17)26)21-16(27)10-7-19-25-5-3-12(22-15(10)25)20-9-2-4-18-6-9/h3,5,7-9,13,18,23H,2,4,6H2,1H3,(H2,17,26)(H,20,22)(H,21,27). The maximum absolute atomic E-state index is 12.7. The summed E-state index contributed by atoms with van der Waals surface area (Å²) >= 11 is 0. The summed E-state index contributed by atoms with van der Waals surface area (Å²) in [6, 6.07) is 1.34. The Kier molecular flexibility index (Phi) is 4.38. The Balaban J connectivity index is 1.56. The number of fused-ring (bicyclic) bond motifs is 1. The molecule has 2 amide bonds. The van der Waals surface area contributed by atoms with Crippen molar-refractivity contribution >= 4 is 23.3 Å². The quantitative estimate of drug-likeness (QED) is 0.422. The predicted octanol–water partition coefficient (Wildman–Crippen LogP) is -1.62. The molecule has 0 radical (unpaired) electrons. The van der Waals surface area contributed by atoms with Gasteiger partial charge in [0, 0.05) is 32.0 Å². The van der Waals surface area contributed by atoms with Gasteiger partial charge in [-0.05, 0) is 19.0 Å². The lowest BCUT2D eigenvalue weighted by molar-refractivity contribution is -0.119. The van der Waals surface area contributed by atoms with Crippen LogP contribution in [0.25, 0.3) is 5.65 Å². The van der Waals surface area contributed by atoms with E-state index in [-0.39, 0.29) is 0 Å². The number of carbonyl (C=O) groups excluding carboxylic acids is 2. The first kappa shape index (κ1) is 17.2. The number of aromatic nitrogens is 3. The number of nitrogens with two attached hydrogens (primary N) is 1. The van der Waals surface area contributed by atoms with Gasteiger partial charge in [-0.3, -0.25) is 9.59 Å². The minimum absolute atomic E-state index is 0.307. The molecule has 2 atom stereocenters. The minimum Gasteiger partial charge on any atom is -0.368 e. The summed E-state index contributed by atoms with van der Waals surface area (Å²) in [7, 11) is 1.71. The smallest absolute Gasteiger partial charge is 0.261 e. The average Bonchev–Trinajstić information content (AvgIpc) is 3.34. The number of nitrogens with zero attached hydrogens (tertiary/aromatic N) is 4. The van der Waals surface area contributed by atoms with Crippen molar-refractivity contribution in [1.82, 2.24) is 35.7 Å². The van der Waals surface area contributed by atoms with Crippen LogP contribution in [0.15, 0.2) is 30.4 Å². The van der Waals surface area contributed by atoms with Gasteiger partial charge in [-0.15, -0.1) is 0 Å². The van der Waals surface area contributed by atoms with E-state index in [1.807, 2.05) is 6.07 Å². The van der Waals surface area contributed by atoms with Gasteiger partial charge in [-0.2, -0.15) is 5.10 Å². The molecule has 0 aromatic carbocycles. The van der Waals surface area contributed by atoms with Gasteiger partial charge in [-0.1, -0.05) is 0 Å². The van der Waals surface area contributed by atoms with Crippen molar-refractivity contribution < 1.29 is 9.59 Å². The van der Waals surface area contributed by atoms with E-state index in [0.29, 0.717) is 28.8 Å². The molecule has 0 bridgehead atoms. The van der Waals surface area contributed by atoms with Gasteiger partial charge < -0.3 is 26.7 Å². The van der Waals surface area contributed by atoms with Crippen molar-refractivity contribution in [2.45, 2.75) is 18.5 Å². The molecule has 142 valence electrons. The highest BCUT2D eigenvalue weighted by Crippen LogP contribution is 2.15. The molecule has 2 aromatic heterocycles. The molecule has 11 heteroatoms. The fourth-order valence-corrected chi connectivity index (χ4v) is 3.21. The third-order valence-corrected chi connectivity index (χ3v) is 4.54. The molecular formula is C16H21N9O2. The molecule has 2 aliphatic heterocycles. The number of nitrogens with one attached hydrogen (secondary N) is 4. The first-order chi connectivity index (χ1) is 13.0. The van der Waals surface area contributed by atoms with E-state index in [1.54, 1.807) is 24.5 Å². The zero-order valence-electron chi connectivity index (χ0n) is 14.8. The van der Waals surface area contributed by atoms with Crippen LogP contribution in [-0.4, -0.2) is 63.6 Å². The highest BCUT2D eigenvalue weighted by Gasteiger charge is 2.29. The molecule has 2 unspecified atom stereocenters. The number of amides is 2. The van der Waals surface area contributed by atoms with Crippen molar-refractivity contribution in [3.63, 3.8) is 0 Å². The van der Waals surface area contributed by atoms with Gasteiger partial charge in [0.25, 0.3) is 5.91 Å². The minimum atomic E-state index is -0.791. The molecule has 0 saturated carbocycles. The second kappa shape index (κ2) is 6.85. The Morgan fingerprint density at radius 2 is 2.26 bits per heavy atom. The summed E-state index contributed by atoms with van der Waals surface area (Å²) in [4.78, 5) is 28.8. The van der Waals surface area contributed by atoms with Gasteiger partial charge in [0.05, 0.1) is 11.9 Å². The molecule has 6 N–H and O–H groups in total. The van der Waals surface area contributed by atoms with Crippen LogP contribution in [0.3, 0.4) is 0 Å². The SMILES string of the molecule is CN1C=C(NC(=O)c2cnn3ccc(NC4CCNC4)nc23)C(C(N)=O)N1. The normalized spacial score (nSPS) is 22.1. The van der Waals surface area contributed by atoms with Gasteiger partial charge >= 0.3 is 0 Å². The Morgan fingerprint density at radius 1 is 1.41 bits per heavy atom. The van der Waals surface area contributed by atoms with Crippen LogP contribution in [0.4, 0.5) is 5.82 Å². The molecule has 1 fully saturated rings. The fourth-order valence-electron chi connectivity index (χ4n) is 3.21. The molecule has 0 spiro atoms. The predicted molar refractivity (Wildman–Crippen MR) is 97.3 cm³/mol. The van der Waals surface area contributed by atoms with E-state index in [4.69, 9.17) is 5.73 Å². The number of hydrogen-bond acceptors (Lipinski definition) is 8. The first-order valence-electron chi connectivity index (χ1n) is 8.64. The lowest BCUT2D eigenvalue weighted by atomic mass is 10.2. The summed E-state index contributed by atoms with van der Waals surface area (Å²) in [6.45, 7) is 1.85. The van der Waals surface area contributed by atoms with Crippen LogP contribution >= 0.6 is 0 Å². The molecule has 27 heavy (non-hydrogen) atoms. The fraction of sp³-hybridized carbons (Fsp3) is 0.375. The number of rotatable bonds is 5. The van der Waals surface area contributed by atoms with Crippen molar-refractivity contribution in [2.75, 3.05) is 25.5 Å². The number of primary amides is 1. The third kappa shape index (κ3) is 3.41. The number of hydrogen-bond donors (Lipinski definition) is 5. The summed E-state index contributed by atoms with van der Waals surface area (Å²) in [5, 5.41) is 15.1. The van der Waals surface area contributed by atoms with Crippen molar-refractivity contribution in [1.29, 1.82) is 0 Å². The van der Waals surface area contributed by atoms with Gasteiger partial charge in [0.15, 0.2) is 5.65 Å². The van der Waals surface area contributed by atoms with E-state index >= 15 is 0 Å². The molecule has 11 nitrogen and oxygen atoms in total. The van der Waals surface area contributed by atoms with Crippen LogP contribution in [0, 0.1) is 0 Å². The maximum atomic E-state index is 12.7. The Hall–Kier alpha value is -3.18. The number of hydrazine groups is 1. The molecule has 4 heterocycles. The molecule has 2 aliphatic rings. The maximum Gasteiger partial charge on any atom is 0.261 e. The van der Waals surface area contributed by atoms with E-state index < -0.39 is 17.9 Å². The highest BCUT2D eigenvalue weighted by molar-refractivity contribution is 6.01. The first-order valence-corrected chi connectivity index (χ1v) is 8.64. The monoisotopic (exact) mass is 371 g/mol. The average molecular weight is 371 g/mol. The van der Waals surface area contributed by atoms with Crippen LogP contribution < -0.4 is 27.1 Å². The summed E-state index contributed by atoms with van der Waals surface area (Å²) in [5.41, 5.74) is 9.32. The van der Waals surface area contributed by atoms with Crippen LogP contribution in [-0.2, 0) is 4.79 Å². The van der Waals surface area contributed by atoms with Crippen molar-refractivity contribution in [3.05, 3.63) is 35.9 Å². The summed E-state index contributed by atoms with van der Waals surface area (Å²) in [5.74, 6) is -0.311. The van der Waals surface area contributed by atoms with Crippen LogP contribution in [0.2, 0.25) is 0 Å². The van der Waals surface area contributed by atoms with Gasteiger partial charge in [0.1, 0.15) is 17.4 Å². The van der Waals surface area contributed by atoms with Crippen LogP contribution in [0.1, 0.15) is 16.8 Å². The largest absolute Gasteiger partial charge is 0.368 e. The summed E-state index contributed by atoms with van der Waals surface area (Å²) < 4.78 is 1.53. The van der Waals surface area contributed by atoms with E-state index in [9.17, 15) is 9.59 Å². The van der Waals surface area contributed by atoms with Gasteiger partial charge in [0.2, 0.25) is 5.91 Å². The highest BCUT2D eigenvalue weighted by atomic mass is 16.2. The second-order valence-corrected chi connectivity index (χ2v) is 6.59. The zero-order chi connectivity index (χ0) is 19.0. The second-order valence-electron chi connectivity index (χ2n) is 6.59. The zero-order valence-corrected chi connectivity index (χ0v) is 14.8. The number of anilines is 1. The van der Waals surface area contributed by atoms with E-state index in [2.05, 4.69) is 31.5 Å². The van der Waals surface area contributed by atoms with Crippen molar-refractivity contribution in [3.8, 4) is 0 Å². The molecule has 2 aromatic rings. The third-order valence-electron chi connectivity index (χ3n) is 4.54. The Labute approximate surface area is 154 Å². The van der Waals surface area contributed by atoms with Gasteiger partial charge in [-0.25, -0.2) is 14.9 Å². The molecule has 4 rings (SSSR count). The molecule has 0 aliphatic carbocycles. The summed E-state index contributed by atoms with van der Waals surface area (Å²) in [6.07, 6.45) is 5.82. The van der Waals surface area contributed by atoms with E-state index in [0.717, 1.165) is 19.5 Å². The molecule has 1 saturated heterocycles. The van der Waals surface area contributed by atoms with Crippen LogP contribution in [0.5, 0.6) is 0 Å². The Morgan fingerprint density at radius 3 is 3.00 bits per heavy atom. The topological polar surface area (TPSA) is 142 Å². The lowest BCUT2D eigenvalue weighted by Crippen LogP contribution is -2.46. The number of carbonyl (C=O) groups is 2.